The van der Waals surface area contributed by atoms with Crippen molar-refractivity contribution in [2.24, 2.45) is 23.7 Å². The molecule has 19 rings (SSSR count). The Balaban J connectivity index is 0.918. The number of aryl methyl sites for hydroxylation is 4. The molecule has 10 atom stereocenters. The number of carbonyl (C=O) groups excluding carboxylic acids is 6. The van der Waals surface area contributed by atoms with E-state index in [9.17, 15) is 19.2 Å². The second-order valence-corrected chi connectivity index (χ2v) is 33.3. The van der Waals surface area contributed by atoms with Gasteiger partial charge < -0.3 is 66.6 Å². The summed E-state index contributed by atoms with van der Waals surface area (Å²) in [6.45, 7) is 13.6. The Labute approximate surface area is 678 Å². The van der Waals surface area contributed by atoms with E-state index in [0.29, 0.717) is 151 Å². The number of fused-ring (bicyclic) bond motifs is 8. The molecule has 2 saturated carbocycles. The highest BCUT2D eigenvalue weighted by atomic mass is 16.6. The number of amides is 2. The molecule has 8 aliphatic rings. The lowest BCUT2D eigenvalue weighted by molar-refractivity contribution is -0.149. The number of rotatable bonds is 30. The van der Waals surface area contributed by atoms with Crippen LogP contribution in [0, 0.1) is 51.4 Å². The number of epoxide rings is 4. The number of benzene rings is 9. The van der Waals surface area contributed by atoms with Crippen molar-refractivity contribution in [3.05, 3.63) is 175 Å². The molecule has 0 spiro atoms. The number of pyridine rings is 2. The van der Waals surface area contributed by atoms with E-state index in [1.54, 1.807) is 21.3 Å². The van der Waals surface area contributed by atoms with E-state index in [4.69, 9.17) is 56.8 Å². The molecule has 6 aliphatic heterocycles. The number of ether oxygens (including phenoxy) is 12. The average molecular weight is 1600 g/mol. The summed E-state index contributed by atoms with van der Waals surface area (Å²) in [6, 6.07) is 35.9. The van der Waals surface area contributed by atoms with E-state index in [0.717, 1.165) is 46.2 Å². The monoisotopic (exact) mass is 1600 g/mol. The van der Waals surface area contributed by atoms with Crippen molar-refractivity contribution in [2.45, 2.75) is 142 Å². The van der Waals surface area contributed by atoms with Crippen LogP contribution < -0.4 is 40.8 Å². The molecule has 4 saturated heterocycles. The fraction of sp³-hybridized carbons (Fsp3) is 0.404. The molecule has 0 radical (unpaired) electrons. The van der Waals surface area contributed by atoms with Crippen molar-refractivity contribution < 1.29 is 85.6 Å². The van der Waals surface area contributed by atoms with Crippen molar-refractivity contribution in [3.8, 4) is 46.0 Å². The van der Waals surface area contributed by atoms with Gasteiger partial charge in [0.1, 0.15) is 109 Å². The average Bonchev–Trinajstić information content (AvgIpc) is 1.10. The van der Waals surface area contributed by atoms with Crippen LogP contribution >= 0.6 is 0 Å². The number of hydrogen-bond acceptors (Lipinski definition) is 20. The van der Waals surface area contributed by atoms with Crippen molar-refractivity contribution in [3.63, 3.8) is 0 Å². The van der Waals surface area contributed by atoms with Crippen LogP contribution in [0.4, 0.5) is 0 Å². The maximum Gasteiger partial charge on any atom is 0.307 e. The van der Waals surface area contributed by atoms with Gasteiger partial charge in [-0.3, -0.25) is 47.5 Å². The molecule has 608 valence electrons. The van der Waals surface area contributed by atoms with Crippen LogP contribution in [0.1, 0.15) is 112 Å². The van der Waals surface area contributed by atoms with E-state index < -0.39 is 70.7 Å². The first-order valence-electron chi connectivity index (χ1n) is 41.4. The fourth-order valence-electron chi connectivity index (χ4n) is 19.0. The Bertz CT molecular complexity index is 5750. The zero-order valence-electron chi connectivity index (χ0n) is 66.8. The van der Waals surface area contributed by atoms with Crippen LogP contribution in [-0.2, 0) is 66.7 Å². The second-order valence-electron chi connectivity index (χ2n) is 33.3. The molecule has 9 aromatic carbocycles. The largest absolute Gasteiger partial charge is 0.463 e. The Morgan fingerprint density at radius 1 is 0.381 bits per heavy atom. The van der Waals surface area contributed by atoms with Gasteiger partial charge in [-0.05, 0) is 196 Å². The van der Waals surface area contributed by atoms with Gasteiger partial charge in [-0.15, -0.1) is 0 Å². The molecule has 2 aliphatic carbocycles. The summed E-state index contributed by atoms with van der Waals surface area (Å²) in [7, 11) is 0. The first-order chi connectivity index (χ1) is 57.2. The summed E-state index contributed by atoms with van der Waals surface area (Å²) in [4.78, 5) is 125. The zero-order valence-corrected chi connectivity index (χ0v) is 66.8. The summed E-state index contributed by atoms with van der Waals surface area (Å²) >= 11 is 0. The van der Waals surface area contributed by atoms with Crippen molar-refractivity contribution in [2.75, 3.05) is 79.0 Å². The van der Waals surface area contributed by atoms with Crippen molar-refractivity contribution >= 4 is 111 Å². The number of aromatic nitrogens is 2. The second kappa shape index (κ2) is 31.1. The van der Waals surface area contributed by atoms with Gasteiger partial charge in [-0.25, -0.2) is 0 Å². The Hall–Kier alpha value is -11.4. The number of hydrogen-bond donors (Lipinski definition) is 0. The molecular formula is C94H92N4O20. The number of nitrogens with zero attached hydrogens (tertiary/aromatic N) is 4. The maximum absolute atomic E-state index is 17.3. The van der Waals surface area contributed by atoms with E-state index in [1.165, 1.54) is 9.80 Å². The van der Waals surface area contributed by atoms with Gasteiger partial charge in [-0.1, -0.05) is 62.4 Å². The van der Waals surface area contributed by atoms with E-state index in [1.807, 2.05) is 151 Å². The Morgan fingerprint density at radius 3 is 0.932 bits per heavy atom. The predicted octanol–water partition coefficient (Wildman–Crippen LogP) is 13.5. The Morgan fingerprint density at radius 2 is 0.661 bits per heavy atom. The highest BCUT2D eigenvalue weighted by Gasteiger charge is 2.48. The quantitative estimate of drug-likeness (QED) is 0.0133. The molecule has 2 aromatic heterocycles. The van der Waals surface area contributed by atoms with Gasteiger partial charge in [0.25, 0.3) is 11.1 Å². The van der Waals surface area contributed by atoms with Crippen molar-refractivity contribution in [1.29, 1.82) is 0 Å². The minimum atomic E-state index is -1.18. The number of esters is 4. The minimum Gasteiger partial charge on any atom is -0.463 e. The Kier molecular flexibility index (Phi) is 20.2. The molecule has 10 unspecified atom stereocenters. The standard InChI is InChI=1S/C94H92N4O20/c1-49-13-7-17-55(33-49)115-71-37-67-79-69(91(103)97-87(53(5)63-21-11-23-65(63)89(67)97)93(105)95(29-25-75(99)111-45-59-41-107-59)30-26-76(100)112-46-60-42-108-60)40-74(118-58-20-10-16-52(4)36-58)84-82-72(116-56-18-8-14-50(2)34-56)38-68-80-70(39-73(83(86(80)82)81(71)85(79)84)117-57-19-9-15-51(3)35-57)92(104)98-88(54(6)64-22-12-24-66(64)90(68)98)94(106)96(31-27-77(101)113-47-61-43-109-61)32-28-78(102)114-48-62-44-110-62/h7-10,13-20,33-40,53-54,59-64,87-88H,11-12,21-32,41-48H2,1-6H3. The normalized spacial score (nSPS) is 21.8. The maximum atomic E-state index is 17.3. The molecule has 6 fully saturated rings. The molecule has 11 aromatic rings. The highest BCUT2D eigenvalue weighted by Crippen LogP contribution is 2.58. The summed E-state index contributed by atoms with van der Waals surface area (Å²) < 4.78 is 77.5. The lowest BCUT2D eigenvalue weighted by atomic mass is 9.77. The molecule has 0 N–H and O–H groups in total. The molecule has 2 amide bonds. The van der Waals surface area contributed by atoms with Crippen LogP contribution in [0.3, 0.4) is 0 Å². The molecular weight excluding hydrogens is 1510 g/mol. The SMILES string of the molecule is Cc1cccc(Oc2cc3c(=O)n4c(c5cc(Oc6cccc(C)c6)c6c7c(Oc8cccc(C)c8)cc8c(=O)n9c(c%10cc(Oc%11cccc(C)c%11)c(c2c6c35)c7c8%10)=C2CCCC2C(C)C9C(=O)N(CCC(=O)OCC2CO2)CCC(=O)OCC2CO2)=C2CCCC2C(C)C4C(=O)N(CCC(=O)OCC2CO2)CCC(=O)OCC2CO2)c1. The summed E-state index contributed by atoms with van der Waals surface area (Å²) in [5.41, 5.74) is 4.57. The third-order valence-corrected chi connectivity index (χ3v) is 25.0. The van der Waals surface area contributed by atoms with Gasteiger partial charge in [-0.2, -0.15) is 0 Å². The summed E-state index contributed by atoms with van der Waals surface area (Å²) in [5.74, 6) is -1.62. The smallest absolute Gasteiger partial charge is 0.307 e. The fourth-order valence-corrected chi connectivity index (χ4v) is 19.0. The molecule has 118 heavy (non-hydrogen) atoms. The predicted molar refractivity (Wildman–Crippen MR) is 439 cm³/mol. The highest BCUT2D eigenvalue weighted by molar-refractivity contribution is 6.44. The topological polar surface area (TPSA) is 277 Å². The third-order valence-electron chi connectivity index (χ3n) is 25.0. The van der Waals surface area contributed by atoms with Crippen LogP contribution in [0.2, 0.25) is 0 Å². The van der Waals surface area contributed by atoms with Crippen molar-refractivity contribution in [1.82, 2.24) is 18.9 Å². The third kappa shape index (κ3) is 14.7. The minimum absolute atomic E-state index is 0.0654. The first-order valence-corrected chi connectivity index (χ1v) is 41.4. The summed E-state index contributed by atoms with van der Waals surface area (Å²) in [5, 5.41) is 6.78. The van der Waals surface area contributed by atoms with Gasteiger partial charge in [0.05, 0.1) is 73.6 Å². The van der Waals surface area contributed by atoms with Gasteiger partial charge in [0.15, 0.2) is 0 Å². The van der Waals surface area contributed by atoms with Crippen LogP contribution in [0.5, 0.6) is 46.0 Å². The van der Waals surface area contributed by atoms with Crippen LogP contribution in [-0.4, -0.2) is 158 Å². The van der Waals surface area contributed by atoms with E-state index in [-0.39, 0.29) is 137 Å². The molecule has 24 nitrogen and oxygen atoms in total. The van der Waals surface area contributed by atoms with Gasteiger partial charge in [0, 0.05) is 80.0 Å². The van der Waals surface area contributed by atoms with Crippen LogP contribution in [0.15, 0.2) is 131 Å². The number of carbonyl (C=O) groups is 6. The zero-order chi connectivity index (χ0) is 81.1. The van der Waals surface area contributed by atoms with E-state index in [2.05, 4.69) is 0 Å². The summed E-state index contributed by atoms with van der Waals surface area (Å²) in [6.07, 6.45) is 2.50. The van der Waals surface area contributed by atoms with E-state index >= 15 is 19.2 Å². The molecule has 0 bridgehead atoms. The lowest BCUT2D eigenvalue weighted by Crippen LogP contribution is -2.53. The van der Waals surface area contributed by atoms with Gasteiger partial charge >= 0.3 is 23.9 Å². The lowest BCUT2D eigenvalue weighted by Gasteiger charge is -2.39. The van der Waals surface area contributed by atoms with Crippen LogP contribution in [0.25, 0.3) is 75.8 Å². The molecule has 24 heteroatoms. The first kappa shape index (κ1) is 76.5. The van der Waals surface area contributed by atoms with Gasteiger partial charge in [0.2, 0.25) is 11.8 Å². The molecule has 8 heterocycles.